The van der Waals surface area contributed by atoms with Crippen LogP contribution in [0.15, 0.2) is 36.4 Å². The third-order valence-electron chi connectivity index (χ3n) is 3.59. The molecule has 1 atom stereocenters. The van der Waals surface area contributed by atoms with E-state index >= 15 is 0 Å². The molecule has 0 saturated heterocycles. The molecule has 2 rings (SSSR count). The number of carbonyl (C=O) groups is 1. The van der Waals surface area contributed by atoms with Gasteiger partial charge in [0.25, 0.3) is 5.91 Å². The summed E-state index contributed by atoms with van der Waals surface area (Å²) in [6, 6.07) is 9.36. The molecule has 0 saturated carbocycles. The first kappa shape index (κ1) is 18.8. The predicted octanol–water partition coefficient (Wildman–Crippen LogP) is 1.94. The highest BCUT2D eigenvalue weighted by molar-refractivity contribution is 5.91. The van der Waals surface area contributed by atoms with Crippen LogP contribution in [0.2, 0.25) is 0 Å². The van der Waals surface area contributed by atoms with Gasteiger partial charge in [-0.25, -0.2) is 13.2 Å². The highest BCUT2D eigenvalue weighted by Gasteiger charge is 2.17. The summed E-state index contributed by atoms with van der Waals surface area (Å²) in [5.74, 6) is -4.07. The van der Waals surface area contributed by atoms with Crippen molar-refractivity contribution in [2.24, 2.45) is 0 Å². The highest BCUT2D eigenvalue weighted by atomic mass is 19.2. The Bertz CT molecular complexity index is 736. The van der Waals surface area contributed by atoms with Crippen LogP contribution in [-0.2, 0) is 4.79 Å². The number of ether oxygens (including phenoxy) is 1. The van der Waals surface area contributed by atoms with Crippen molar-refractivity contribution in [3.8, 4) is 5.75 Å². The minimum Gasteiger partial charge on any atom is -0.488 e. The van der Waals surface area contributed by atoms with E-state index in [1.165, 1.54) is 0 Å². The molecule has 0 fully saturated rings. The van der Waals surface area contributed by atoms with E-state index in [1.807, 2.05) is 31.2 Å². The van der Waals surface area contributed by atoms with E-state index in [-0.39, 0.29) is 12.2 Å². The van der Waals surface area contributed by atoms with Gasteiger partial charge in [-0.1, -0.05) is 17.7 Å². The summed E-state index contributed by atoms with van der Waals surface area (Å²) >= 11 is 0. The van der Waals surface area contributed by atoms with E-state index in [4.69, 9.17) is 4.74 Å². The third-order valence-corrected chi connectivity index (χ3v) is 3.59. The fourth-order valence-electron chi connectivity index (χ4n) is 2.16. The van der Waals surface area contributed by atoms with Crippen LogP contribution in [-0.4, -0.2) is 32.7 Å². The predicted molar refractivity (Wildman–Crippen MR) is 88.2 cm³/mol. The first-order valence-corrected chi connectivity index (χ1v) is 7.81. The van der Waals surface area contributed by atoms with Gasteiger partial charge < -0.3 is 15.0 Å². The molecule has 0 aliphatic heterocycles. The van der Waals surface area contributed by atoms with E-state index in [0.29, 0.717) is 13.2 Å². The number of rotatable bonds is 7. The monoisotopic (exact) mass is 353 g/mol. The van der Waals surface area contributed by atoms with E-state index in [9.17, 15) is 18.0 Å². The standard InChI is InChI=1S/C18H19F3N2O2/c1-12-3-5-13(6-4-12)25-10-9-23(2)11-16(24)22-15-8-7-14(19)17(20)18(15)21/h3-8H,9-11H2,1-2H3,(H,22,24)/p+1. The summed E-state index contributed by atoms with van der Waals surface area (Å²) in [5, 5.41) is 2.24. The summed E-state index contributed by atoms with van der Waals surface area (Å²) in [6.45, 7) is 2.97. The molecule has 0 spiro atoms. The molecule has 0 radical (unpaired) electrons. The van der Waals surface area contributed by atoms with Gasteiger partial charge in [0.2, 0.25) is 0 Å². The first-order valence-electron chi connectivity index (χ1n) is 7.81. The maximum atomic E-state index is 13.5. The van der Waals surface area contributed by atoms with Gasteiger partial charge in [-0.15, -0.1) is 0 Å². The fraction of sp³-hybridized carbons (Fsp3) is 0.278. The molecule has 134 valence electrons. The molecule has 1 amide bonds. The lowest BCUT2D eigenvalue weighted by molar-refractivity contribution is -0.871. The van der Waals surface area contributed by atoms with E-state index in [1.54, 1.807) is 7.05 Å². The van der Waals surface area contributed by atoms with Gasteiger partial charge in [0.05, 0.1) is 12.7 Å². The Morgan fingerprint density at radius 2 is 1.76 bits per heavy atom. The van der Waals surface area contributed by atoms with Crippen molar-refractivity contribution in [2.45, 2.75) is 6.92 Å². The molecule has 7 heteroatoms. The van der Waals surface area contributed by atoms with Crippen molar-refractivity contribution >= 4 is 11.6 Å². The molecule has 1 unspecified atom stereocenters. The number of nitrogens with one attached hydrogen (secondary N) is 2. The van der Waals surface area contributed by atoms with Crippen LogP contribution in [0.25, 0.3) is 0 Å². The van der Waals surface area contributed by atoms with Crippen LogP contribution >= 0.6 is 0 Å². The van der Waals surface area contributed by atoms with Crippen LogP contribution < -0.4 is 15.0 Å². The molecule has 25 heavy (non-hydrogen) atoms. The number of hydrogen-bond donors (Lipinski definition) is 2. The van der Waals surface area contributed by atoms with E-state index < -0.39 is 23.4 Å². The lowest BCUT2D eigenvalue weighted by Gasteiger charge is -2.15. The Labute approximate surface area is 144 Å². The lowest BCUT2D eigenvalue weighted by Crippen LogP contribution is -3.10. The second-order valence-electron chi connectivity index (χ2n) is 5.82. The summed E-state index contributed by atoms with van der Waals surface area (Å²) in [6.07, 6.45) is 0. The number of aryl methyl sites for hydroxylation is 1. The molecule has 0 aromatic heterocycles. The third kappa shape index (κ3) is 5.49. The number of benzene rings is 2. The zero-order valence-corrected chi connectivity index (χ0v) is 14.0. The lowest BCUT2D eigenvalue weighted by atomic mass is 10.2. The van der Waals surface area contributed by atoms with Gasteiger partial charge in [-0.3, -0.25) is 4.79 Å². The summed E-state index contributed by atoms with van der Waals surface area (Å²) in [4.78, 5) is 12.7. The second-order valence-corrected chi connectivity index (χ2v) is 5.82. The van der Waals surface area contributed by atoms with Crippen LogP contribution in [0.1, 0.15) is 5.56 Å². The largest absolute Gasteiger partial charge is 0.488 e. The van der Waals surface area contributed by atoms with Crippen LogP contribution in [0.5, 0.6) is 5.75 Å². The molecule has 4 nitrogen and oxygen atoms in total. The number of amides is 1. The Balaban J connectivity index is 1.78. The van der Waals surface area contributed by atoms with Crippen molar-refractivity contribution in [3.05, 3.63) is 59.4 Å². The number of quaternary nitrogens is 1. The van der Waals surface area contributed by atoms with Gasteiger partial charge in [0.1, 0.15) is 18.9 Å². The summed E-state index contributed by atoms with van der Waals surface area (Å²) in [5.41, 5.74) is 0.754. The molecule has 2 aromatic rings. The van der Waals surface area contributed by atoms with Gasteiger partial charge in [-0.2, -0.15) is 0 Å². The number of carbonyl (C=O) groups excluding carboxylic acids is 1. The number of halogens is 3. The summed E-state index contributed by atoms with van der Waals surface area (Å²) < 4.78 is 45.1. The average molecular weight is 353 g/mol. The van der Waals surface area contributed by atoms with E-state index in [0.717, 1.165) is 28.3 Å². The number of hydrogen-bond acceptors (Lipinski definition) is 2. The maximum absolute atomic E-state index is 13.5. The summed E-state index contributed by atoms with van der Waals surface area (Å²) in [7, 11) is 1.78. The minimum atomic E-state index is -1.61. The SMILES string of the molecule is Cc1ccc(OCC[NH+](C)CC(=O)Nc2ccc(F)c(F)c2F)cc1. The Kier molecular flexibility index (Phi) is 6.41. The molecule has 0 heterocycles. The molecule has 0 bridgehead atoms. The van der Waals surface area contributed by atoms with Crippen molar-refractivity contribution in [1.82, 2.24) is 0 Å². The molecule has 2 aromatic carbocycles. The quantitative estimate of drug-likeness (QED) is 0.747. The topological polar surface area (TPSA) is 42.8 Å². The van der Waals surface area contributed by atoms with Gasteiger partial charge >= 0.3 is 0 Å². The van der Waals surface area contributed by atoms with Crippen LogP contribution in [0, 0.1) is 24.4 Å². The highest BCUT2D eigenvalue weighted by Crippen LogP contribution is 2.19. The van der Waals surface area contributed by atoms with Gasteiger partial charge in [-0.05, 0) is 31.2 Å². The Morgan fingerprint density at radius 3 is 2.44 bits per heavy atom. The van der Waals surface area contributed by atoms with Crippen molar-refractivity contribution in [1.29, 1.82) is 0 Å². The minimum absolute atomic E-state index is 0.0374. The Morgan fingerprint density at radius 1 is 1.08 bits per heavy atom. The zero-order valence-electron chi connectivity index (χ0n) is 14.0. The van der Waals surface area contributed by atoms with E-state index in [2.05, 4.69) is 5.32 Å². The molecular formula is C18H20F3N2O2+. The zero-order chi connectivity index (χ0) is 18.4. The van der Waals surface area contributed by atoms with Gasteiger partial charge in [0, 0.05) is 0 Å². The van der Waals surface area contributed by atoms with Crippen molar-refractivity contribution in [3.63, 3.8) is 0 Å². The average Bonchev–Trinajstić information content (AvgIpc) is 2.57. The molecule has 2 N–H and O–H groups in total. The molecule has 0 aliphatic rings. The Hall–Kier alpha value is -2.54. The maximum Gasteiger partial charge on any atom is 0.279 e. The molecular weight excluding hydrogens is 333 g/mol. The van der Waals surface area contributed by atoms with Crippen LogP contribution in [0.4, 0.5) is 18.9 Å². The fourth-order valence-corrected chi connectivity index (χ4v) is 2.16. The smallest absolute Gasteiger partial charge is 0.279 e. The number of anilines is 1. The first-order chi connectivity index (χ1) is 11.9. The number of likely N-dealkylation sites (N-methyl/N-ethyl adjacent to an activating group) is 1. The normalized spacial score (nSPS) is 11.9. The molecule has 0 aliphatic carbocycles. The van der Waals surface area contributed by atoms with Crippen molar-refractivity contribution < 1.29 is 27.6 Å². The van der Waals surface area contributed by atoms with Crippen molar-refractivity contribution in [2.75, 3.05) is 32.1 Å². The van der Waals surface area contributed by atoms with Crippen LogP contribution in [0.3, 0.4) is 0 Å². The second kappa shape index (κ2) is 8.53. The van der Waals surface area contributed by atoms with Gasteiger partial charge in [0.15, 0.2) is 24.0 Å².